The van der Waals surface area contributed by atoms with Crippen LogP contribution in [0.2, 0.25) is 0 Å². The first kappa shape index (κ1) is 18.6. The van der Waals surface area contributed by atoms with Gasteiger partial charge in [-0.25, -0.2) is 0 Å². The lowest BCUT2D eigenvalue weighted by Gasteiger charge is -2.23. The molecule has 0 spiro atoms. The molecule has 0 radical (unpaired) electrons. The van der Waals surface area contributed by atoms with Crippen LogP contribution in [0.4, 0.5) is 11.4 Å². The summed E-state index contributed by atoms with van der Waals surface area (Å²) in [7, 11) is 0. The predicted octanol–water partition coefficient (Wildman–Crippen LogP) is 4.61. The average molecular weight is 394 g/mol. The molecular weight excluding hydrogens is 370 g/mol. The van der Waals surface area contributed by atoms with Crippen molar-refractivity contribution in [2.24, 2.45) is 0 Å². The summed E-state index contributed by atoms with van der Waals surface area (Å²) in [5.74, 6) is 0.495. The Morgan fingerprint density at radius 2 is 1.79 bits per heavy atom. The van der Waals surface area contributed by atoms with E-state index in [1.165, 1.54) is 17.4 Å². The number of anilines is 2. The van der Waals surface area contributed by atoms with E-state index in [-0.39, 0.29) is 6.23 Å². The monoisotopic (exact) mass is 393 g/mol. The van der Waals surface area contributed by atoms with Gasteiger partial charge in [0.05, 0.1) is 0 Å². The molecule has 1 aromatic heterocycles. The molecule has 0 bridgehead atoms. The molecule has 2 heterocycles. The van der Waals surface area contributed by atoms with Gasteiger partial charge < -0.3 is 15.0 Å². The summed E-state index contributed by atoms with van der Waals surface area (Å²) < 4.78 is 6.27. The first-order valence-corrected chi connectivity index (χ1v) is 10.6. The second-order valence-corrected chi connectivity index (χ2v) is 7.18. The number of hydrogen-bond acceptors (Lipinski definition) is 7. The number of benzene rings is 2. The third kappa shape index (κ3) is 3.49. The number of fused-ring (bicyclic) bond motifs is 3. The van der Waals surface area contributed by atoms with Gasteiger partial charge in [-0.15, -0.1) is 10.2 Å². The van der Waals surface area contributed by atoms with Gasteiger partial charge in [-0.05, 0) is 38.3 Å². The highest BCUT2D eigenvalue weighted by atomic mass is 32.2. The van der Waals surface area contributed by atoms with Gasteiger partial charge in [0.2, 0.25) is 11.0 Å². The molecule has 7 heteroatoms. The van der Waals surface area contributed by atoms with Crippen molar-refractivity contribution < 1.29 is 4.74 Å². The van der Waals surface area contributed by atoms with Crippen LogP contribution in [0.15, 0.2) is 53.7 Å². The number of para-hydroxylation sites is 1. The molecule has 4 rings (SSSR count). The largest absolute Gasteiger partial charge is 0.448 e. The van der Waals surface area contributed by atoms with Crippen molar-refractivity contribution >= 4 is 23.1 Å². The van der Waals surface area contributed by atoms with E-state index in [0.29, 0.717) is 16.7 Å². The molecule has 0 amide bonds. The van der Waals surface area contributed by atoms with Gasteiger partial charge in [0.25, 0.3) is 0 Å². The number of nitrogens with zero attached hydrogens (tertiary/aromatic N) is 4. The maximum atomic E-state index is 6.27. The van der Waals surface area contributed by atoms with Gasteiger partial charge in [-0.2, -0.15) is 4.98 Å². The first-order chi connectivity index (χ1) is 13.7. The number of ether oxygens (including phenoxy) is 1. The smallest absolute Gasteiger partial charge is 0.247 e. The van der Waals surface area contributed by atoms with Gasteiger partial charge in [-0.1, -0.05) is 42.1 Å². The van der Waals surface area contributed by atoms with Crippen LogP contribution in [-0.2, 0) is 0 Å². The van der Waals surface area contributed by atoms with Crippen molar-refractivity contribution in [2.45, 2.75) is 25.2 Å². The van der Waals surface area contributed by atoms with E-state index in [2.05, 4.69) is 63.5 Å². The average Bonchev–Trinajstić information content (AvgIpc) is 2.91. The van der Waals surface area contributed by atoms with Crippen LogP contribution in [0.25, 0.3) is 11.3 Å². The van der Waals surface area contributed by atoms with E-state index in [1.54, 1.807) is 0 Å². The lowest BCUT2D eigenvalue weighted by molar-refractivity contribution is 0.225. The molecule has 0 fully saturated rings. The van der Waals surface area contributed by atoms with Crippen molar-refractivity contribution in [2.75, 3.05) is 29.6 Å². The lowest BCUT2D eigenvalue weighted by Crippen LogP contribution is -2.22. The van der Waals surface area contributed by atoms with Crippen LogP contribution in [-0.4, -0.2) is 34.5 Å². The Morgan fingerprint density at radius 1 is 1.04 bits per heavy atom. The third-order valence-corrected chi connectivity index (χ3v) is 5.38. The Balaban J connectivity index is 1.73. The Morgan fingerprint density at radius 3 is 2.50 bits per heavy atom. The summed E-state index contributed by atoms with van der Waals surface area (Å²) in [4.78, 5) is 6.87. The summed E-state index contributed by atoms with van der Waals surface area (Å²) in [5.41, 5.74) is 4.78. The van der Waals surface area contributed by atoms with Crippen LogP contribution >= 0.6 is 11.8 Å². The molecule has 144 valence electrons. The van der Waals surface area contributed by atoms with E-state index >= 15 is 0 Å². The fourth-order valence-corrected chi connectivity index (χ4v) is 3.63. The Bertz CT molecular complexity index is 959. The lowest BCUT2D eigenvalue weighted by atomic mass is 10.1. The molecule has 28 heavy (non-hydrogen) atoms. The van der Waals surface area contributed by atoms with Gasteiger partial charge in [0.15, 0.2) is 11.9 Å². The molecule has 0 saturated carbocycles. The molecule has 1 N–H and O–H groups in total. The summed E-state index contributed by atoms with van der Waals surface area (Å²) in [5, 5.41) is 12.6. The SMILES string of the molecule is CCN(CC)c1ccc([C@H]2Nc3ccccc3-c3nnc(SC)nc3O2)cc1. The zero-order chi connectivity index (χ0) is 19.5. The van der Waals surface area contributed by atoms with Crippen molar-refractivity contribution in [3.63, 3.8) is 0 Å². The maximum Gasteiger partial charge on any atom is 0.247 e. The van der Waals surface area contributed by atoms with Crippen molar-refractivity contribution in [1.29, 1.82) is 0 Å². The van der Waals surface area contributed by atoms with Crippen LogP contribution < -0.4 is 15.0 Å². The number of rotatable bonds is 5. The number of thioether (sulfide) groups is 1. The van der Waals surface area contributed by atoms with E-state index < -0.39 is 0 Å². The quantitative estimate of drug-likeness (QED) is 0.635. The molecule has 3 aromatic rings. The fraction of sp³-hybridized carbons (Fsp3) is 0.286. The van der Waals surface area contributed by atoms with Crippen LogP contribution in [0.1, 0.15) is 25.6 Å². The topological polar surface area (TPSA) is 63.2 Å². The molecular formula is C21H23N5OS. The first-order valence-electron chi connectivity index (χ1n) is 9.39. The molecule has 6 nitrogen and oxygen atoms in total. The van der Waals surface area contributed by atoms with Gasteiger partial charge >= 0.3 is 0 Å². The second kappa shape index (κ2) is 8.06. The van der Waals surface area contributed by atoms with Gasteiger partial charge in [0, 0.05) is 35.6 Å². The van der Waals surface area contributed by atoms with Crippen LogP contribution in [0.3, 0.4) is 0 Å². The number of nitrogens with one attached hydrogen (secondary N) is 1. The molecule has 1 aliphatic heterocycles. The zero-order valence-corrected chi connectivity index (χ0v) is 17.0. The summed E-state index contributed by atoms with van der Waals surface area (Å²) in [6.45, 7) is 6.29. The van der Waals surface area contributed by atoms with Crippen molar-refractivity contribution in [3.05, 3.63) is 54.1 Å². The summed E-state index contributed by atoms with van der Waals surface area (Å²) in [6.07, 6.45) is 1.56. The standard InChI is InChI=1S/C21H23N5OS/c1-4-26(5-2)15-12-10-14(11-13-15)19-22-17-9-7-6-8-16(17)18-20(27-19)23-21(28-3)25-24-18/h6-13,19,22H,4-5H2,1-3H3/t19-/m0/s1. The Hall–Kier alpha value is -2.80. The summed E-state index contributed by atoms with van der Waals surface area (Å²) >= 11 is 1.45. The zero-order valence-electron chi connectivity index (χ0n) is 16.2. The number of hydrogen-bond donors (Lipinski definition) is 1. The molecule has 0 aliphatic carbocycles. The van der Waals surface area contributed by atoms with Gasteiger partial charge in [0.1, 0.15) is 0 Å². The minimum atomic E-state index is -0.362. The molecule has 1 atom stereocenters. The van der Waals surface area contributed by atoms with Crippen LogP contribution in [0, 0.1) is 0 Å². The highest BCUT2D eigenvalue weighted by molar-refractivity contribution is 7.98. The minimum Gasteiger partial charge on any atom is -0.448 e. The van der Waals surface area contributed by atoms with Crippen molar-refractivity contribution in [3.8, 4) is 17.1 Å². The van der Waals surface area contributed by atoms with Crippen molar-refractivity contribution in [1.82, 2.24) is 15.2 Å². The van der Waals surface area contributed by atoms with Crippen LogP contribution in [0.5, 0.6) is 5.88 Å². The van der Waals surface area contributed by atoms with Gasteiger partial charge in [-0.3, -0.25) is 0 Å². The second-order valence-electron chi connectivity index (χ2n) is 6.40. The molecule has 0 saturated heterocycles. The third-order valence-electron chi connectivity index (χ3n) is 4.84. The van der Waals surface area contributed by atoms with E-state index in [9.17, 15) is 0 Å². The minimum absolute atomic E-state index is 0.362. The maximum absolute atomic E-state index is 6.27. The van der Waals surface area contributed by atoms with E-state index in [0.717, 1.165) is 29.9 Å². The predicted molar refractivity (Wildman–Crippen MR) is 114 cm³/mol. The summed E-state index contributed by atoms with van der Waals surface area (Å²) in [6, 6.07) is 16.5. The van der Waals surface area contributed by atoms with E-state index in [1.807, 2.05) is 30.5 Å². The fourth-order valence-electron chi connectivity index (χ4n) is 3.33. The molecule has 1 aliphatic rings. The number of aromatic nitrogens is 3. The molecule has 0 unspecified atom stereocenters. The van der Waals surface area contributed by atoms with E-state index in [4.69, 9.17) is 4.74 Å². The normalized spacial score (nSPS) is 14.9. The highest BCUT2D eigenvalue weighted by Crippen LogP contribution is 2.39. The Labute approximate surface area is 169 Å². The molecule has 2 aromatic carbocycles. The highest BCUT2D eigenvalue weighted by Gasteiger charge is 2.25. The Kier molecular flexibility index (Phi) is 5.34.